The number of nitrogens with zero attached hydrogens (tertiary/aromatic N) is 1. The fourth-order valence-corrected chi connectivity index (χ4v) is 3.22. The van der Waals surface area contributed by atoms with Crippen molar-refractivity contribution in [1.29, 1.82) is 0 Å². The molecule has 24 heavy (non-hydrogen) atoms. The minimum Gasteiger partial charge on any atom is -0.502 e. The molecule has 2 amide bonds. The predicted octanol–water partition coefficient (Wildman–Crippen LogP) is 5.14. The summed E-state index contributed by atoms with van der Waals surface area (Å²) in [5, 5.41) is 10.9. The number of aliphatic hydroxyl groups excluding tert-OH is 1. The third-order valence-corrected chi connectivity index (χ3v) is 4.79. The lowest BCUT2D eigenvalue weighted by atomic mass is 10.1. The molecule has 4 nitrogen and oxygen atoms in total. The molecule has 0 fully saturated rings. The normalized spacial score (nSPS) is 14.8. The highest BCUT2D eigenvalue weighted by Crippen LogP contribution is 2.39. The summed E-state index contributed by atoms with van der Waals surface area (Å²) in [4.78, 5) is 25.8. The van der Waals surface area contributed by atoms with Crippen LogP contribution >= 0.6 is 46.4 Å². The quantitative estimate of drug-likeness (QED) is 0.707. The highest BCUT2D eigenvalue weighted by molar-refractivity contribution is 6.50. The molecule has 3 rings (SSSR count). The SMILES string of the molecule is O=C1C(O)=C(c2ccc(Cl)cc2Cl)C(=O)N1c1cccc(Cl)c1Cl. The summed E-state index contributed by atoms with van der Waals surface area (Å²) in [6.45, 7) is 0. The summed E-state index contributed by atoms with van der Waals surface area (Å²) >= 11 is 23.9. The molecule has 8 heteroatoms. The summed E-state index contributed by atoms with van der Waals surface area (Å²) in [6, 6.07) is 8.85. The van der Waals surface area contributed by atoms with E-state index in [0.717, 1.165) is 4.90 Å². The van der Waals surface area contributed by atoms with Crippen LogP contribution in [-0.4, -0.2) is 16.9 Å². The molecule has 122 valence electrons. The number of hydrogen-bond donors (Lipinski definition) is 1. The van der Waals surface area contributed by atoms with Crippen molar-refractivity contribution in [2.24, 2.45) is 0 Å². The monoisotopic (exact) mass is 401 g/mol. The Morgan fingerprint density at radius 2 is 1.58 bits per heavy atom. The van der Waals surface area contributed by atoms with Crippen LogP contribution < -0.4 is 4.90 Å². The van der Waals surface area contributed by atoms with Gasteiger partial charge in [-0.1, -0.05) is 58.5 Å². The van der Waals surface area contributed by atoms with Crippen molar-refractivity contribution in [3.63, 3.8) is 0 Å². The van der Waals surface area contributed by atoms with Gasteiger partial charge in [0.15, 0.2) is 5.76 Å². The number of imide groups is 1. The first kappa shape index (κ1) is 17.1. The standard InChI is InChI=1S/C16H7Cl4NO3/c17-7-4-5-8(10(19)6-7)12-14(22)16(24)21(15(12)23)11-3-1-2-9(18)13(11)20/h1-6,22H. The molecule has 0 saturated carbocycles. The molecule has 1 aliphatic heterocycles. The van der Waals surface area contributed by atoms with Gasteiger partial charge in [0.2, 0.25) is 0 Å². The van der Waals surface area contributed by atoms with Crippen LogP contribution in [0.1, 0.15) is 5.56 Å². The smallest absolute Gasteiger partial charge is 0.301 e. The van der Waals surface area contributed by atoms with E-state index in [1.165, 1.54) is 36.4 Å². The van der Waals surface area contributed by atoms with Crippen molar-refractivity contribution < 1.29 is 14.7 Å². The second-order valence-corrected chi connectivity index (χ2v) is 6.50. The summed E-state index contributed by atoms with van der Waals surface area (Å²) < 4.78 is 0. The molecule has 0 saturated heterocycles. The molecule has 2 aromatic rings. The maximum absolute atomic E-state index is 12.7. The van der Waals surface area contributed by atoms with E-state index in [-0.39, 0.29) is 31.9 Å². The van der Waals surface area contributed by atoms with Crippen LogP contribution in [0.4, 0.5) is 5.69 Å². The first-order valence-electron chi connectivity index (χ1n) is 6.54. The molecule has 0 aliphatic carbocycles. The average Bonchev–Trinajstić information content (AvgIpc) is 2.74. The Hall–Kier alpha value is -1.72. The third-order valence-electron chi connectivity index (χ3n) is 3.43. The zero-order valence-electron chi connectivity index (χ0n) is 11.7. The average molecular weight is 403 g/mol. The van der Waals surface area contributed by atoms with Crippen LogP contribution in [0.2, 0.25) is 20.1 Å². The van der Waals surface area contributed by atoms with Gasteiger partial charge >= 0.3 is 5.91 Å². The molecule has 0 radical (unpaired) electrons. The Morgan fingerprint density at radius 3 is 2.25 bits per heavy atom. The molecular formula is C16H7Cl4NO3. The fraction of sp³-hybridized carbons (Fsp3) is 0. The number of benzene rings is 2. The largest absolute Gasteiger partial charge is 0.502 e. The van der Waals surface area contributed by atoms with Gasteiger partial charge in [0.1, 0.15) is 0 Å². The Labute approximate surface area is 156 Å². The van der Waals surface area contributed by atoms with E-state index in [1.807, 2.05) is 0 Å². The molecule has 1 heterocycles. The Balaban J connectivity index is 2.13. The number of carbonyl (C=O) groups is 2. The maximum atomic E-state index is 12.7. The van der Waals surface area contributed by atoms with Crippen molar-refractivity contribution >= 4 is 69.5 Å². The van der Waals surface area contributed by atoms with Gasteiger partial charge in [-0.15, -0.1) is 0 Å². The molecule has 1 N–H and O–H groups in total. The Morgan fingerprint density at radius 1 is 0.875 bits per heavy atom. The number of halogens is 4. The molecule has 0 atom stereocenters. The Bertz CT molecular complexity index is 924. The third kappa shape index (κ3) is 2.66. The van der Waals surface area contributed by atoms with E-state index in [2.05, 4.69) is 0 Å². The van der Waals surface area contributed by atoms with E-state index in [0.29, 0.717) is 5.02 Å². The van der Waals surface area contributed by atoms with Gasteiger partial charge in [0.25, 0.3) is 5.91 Å². The number of anilines is 1. The topological polar surface area (TPSA) is 57.6 Å². The van der Waals surface area contributed by atoms with Crippen LogP contribution in [0, 0.1) is 0 Å². The molecule has 1 aliphatic rings. The summed E-state index contributed by atoms with van der Waals surface area (Å²) in [5.41, 5.74) is 0.0427. The van der Waals surface area contributed by atoms with E-state index < -0.39 is 17.6 Å². The lowest BCUT2D eigenvalue weighted by Crippen LogP contribution is -2.31. The maximum Gasteiger partial charge on any atom is 0.301 e. The van der Waals surface area contributed by atoms with Crippen LogP contribution in [0.15, 0.2) is 42.2 Å². The van der Waals surface area contributed by atoms with Gasteiger partial charge in [-0.3, -0.25) is 9.59 Å². The molecule has 0 unspecified atom stereocenters. The Kier molecular flexibility index (Phi) is 4.49. The summed E-state index contributed by atoms with van der Waals surface area (Å²) in [5.74, 6) is -2.39. The number of hydrogen-bond acceptors (Lipinski definition) is 3. The van der Waals surface area contributed by atoms with Gasteiger partial charge in [0, 0.05) is 10.6 Å². The number of carbonyl (C=O) groups excluding carboxylic acids is 2. The van der Waals surface area contributed by atoms with Gasteiger partial charge in [-0.25, -0.2) is 4.90 Å². The number of aliphatic hydroxyl groups is 1. The van der Waals surface area contributed by atoms with Gasteiger partial charge < -0.3 is 5.11 Å². The summed E-state index contributed by atoms with van der Waals surface area (Å²) in [6.07, 6.45) is 0. The van der Waals surface area contributed by atoms with Gasteiger partial charge in [-0.05, 0) is 24.3 Å². The lowest BCUT2D eigenvalue weighted by Gasteiger charge is -2.16. The highest BCUT2D eigenvalue weighted by Gasteiger charge is 2.41. The zero-order valence-corrected chi connectivity index (χ0v) is 14.7. The van der Waals surface area contributed by atoms with Crippen molar-refractivity contribution in [2.75, 3.05) is 4.90 Å². The number of rotatable bonds is 2. The molecule has 0 spiro atoms. The van der Waals surface area contributed by atoms with Crippen molar-refractivity contribution in [3.05, 3.63) is 67.8 Å². The van der Waals surface area contributed by atoms with Crippen LogP contribution in [0.3, 0.4) is 0 Å². The zero-order chi connectivity index (χ0) is 17.6. The van der Waals surface area contributed by atoms with Crippen molar-refractivity contribution in [3.8, 4) is 0 Å². The minimum absolute atomic E-state index is 0.0251. The van der Waals surface area contributed by atoms with Crippen LogP contribution in [0.25, 0.3) is 5.57 Å². The molecule has 0 bridgehead atoms. The second-order valence-electron chi connectivity index (χ2n) is 4.87. The fourth-order valence-electron chi connectivity index (χ4n) is 2.34. The van der Waals surface area contributed by atoms with E-state index in [4.69, 9.17) is 46.4 Å². The molecular weight excluding hydrogens is 396 g/mol. The van der Waals surface area contributed by atoms with Crippen molar-refractivity contribution in [1.82, 2.24) is 0 Å². The second kappa shape index (κ2) is 6.30. The first-order chi connectivity index (χ1) is 11.3. The van der Waals surface area contributed by atoms with Crippen molar-refractivity contribution in [2.45, 2.75) is 0 Å². The molecule has 2 aromatic carbocycles. The van der Waals surface area contributed by atoms with E-state index in [1.54, 1.807) is 0 Å². The van der Waals surface area contributed by atoms with Crippen LogP contribution in [-0.2, 0) is 9.59 Å². The number of amides is 2. The van der Waals surface area contributed by atoms with Gasteiger partial charge in [0.05, 0.1) is 26.3 Å². The predicted molar refractivity (Wildman–Crippen MR) is 95.0 cm³/mol. The van der Waals surface area contributed by atoms with E-state index >= 15 is 0 Å². The molecule has 0 aromatic heterocycles. The van der Waals surface area contributed by atoms with E-state index in [9.17, 15) is 14.7 Å². The van der Waals surface area contributed by atoms with Gasteiger partial charge in [-0.2, -0.15) is 0 Å². The first-order valence-corrected chi connectivity index (χ1v) is 8.05. The summed E-state index contributed by atoms with van der Waals surface area (Å²) in [7, 11) is 0. The highest BCUT2D eigenvalue weighted by atomic mass is 35.5. The minimum atomic E-state index is -0.912. The van der Waals surface area contributed by atoms with Crippen LogP contribution in [0.5, 0.6) is 0 Å². The lowest BCUT2D eigenvalue weighted by molar-refractivity contribution is -0.121.